The number of H-pyrrole nitrogens is 1. The van der Waals surface area contributed by atoms with Crippen LogP contribution in [0.2, 0.25) is 0 Å². The summed E-state index contributed by atoms with van der Waals surface area (Å²) < 4.78 is 5.90. The second-order valence-corrected chi connectivity index (χ2v) is 7.27. The van der Waals surface area contributed by atoms with Gasteiger partial charge in [0.2, 0.25) is 0 Å². The maximum atomic E-state index is 11.1. The van der Waals surface area contributed by atoms with Crippen molar-refractivity contribution in [2.45, 2.75) is 43.5 Å². The number of ether oxygens (including phenoxy) is 1. The molecule has 0 amide bonds. The van der Waals surface area contributed by atoms with E-state index in [1.54, 1.807) is 6.07 Å². The zero-order valence-electron chi connectivity index (χ0n) is 12.8. The van der Waals surface area contributed by atoms with Crippen molar-refractivity contribution in [3.63, 3.8) is 0 Å². The van der Waals surface area contributed by atoms with Gasteiger partial charge in [-0.15, -0.1) is 0 Å². The fourth-order valence-corrected chi connectivity index (χ4v) is 3.60. The van der Waals surface area contributed by atoms with Crippen LogP contribution in [0.25, 0.3) is 10.9 Å². The Hall–Kier alpha value is -1.46. The number of aromatic carboxylic acids is 1. The van der Waals surface area contributed by atoms with Gasteiger partial charge in [-0.2, -0.15) is 12.6 Å². The Morgan fingerprint density at radius 3 is 2.91 bits per heavy atom. The number of nitrogens with one attached hydrogen (secondary N) is 1. The summed E-state index contributed by atoms with van der Waals surface area (Å²) in [6.45, 7) is 4.96. The van der Waals surface area contributed by atoms with E-state index >= 15 is 0 Å². The number of carboxylic acid groups (broad SMARTS) is 1. The summed E-state index contributed by atoms with van der Waals surface area (Å²) in [6.07, 6.45) is 1.83. The summed E-state index contributed by atoms with van der Waals surface area (Å²) in [5.41, 5.74) is 2.10. The Bertz CT molecular complexity index is 707. The highest BCUT2D eigenvalue weighted by atomic mass is 32.1. The van der Waals surface area contributed by atoms with Gasteiger partial charge < -0.3 is 14.8 Å². The zero-order valence-corrected chi connectivity index (χ0v) is 13.7. The van der Waals surface area contributed by atoms with Crippen LogP contribution in [0.1, 0.15) is 48.7 Å². The van der Waals surface area contributed by atoms with E-state index in [1.165, 1.54) is 5.56 Å². The predicted molar refractivity (Wildman–Crippen MR) is 90.0 cm³/mol. The second-order valence-electron chi connectivity index (χ2n) is 6.61. The molecule has 0 aliphatic carbocycles. The molecule has 0 bridgehead atoms. The summed E-state index contributed by atoms with van der Waals surface area (Å²) in [7, 11) is 0. The molecular formula is C17H21NO3S. The van der Waals surface area contributed by atoms with E-state index < -0.39 is 5.97 Å². The molecule has 1 fully saturated rings. The molecule has 1 saturated heterocycles. The first-order valence-electron chi connectivity index (χ1n) is 7.54. The fourth-order valence-electron chi connectivity index (χ4n) is 3.22. The van der Waals surface area contributed by atoms with Gasteiger partial charge in [-0.25, -0.2) is 4.79 Å². The average Bonchev–Trinajstić information content (AvgIpc) is 2.81. The van der Waals surface area contributed by atoms with E-state index in [0.717, 1.165) is 30.4 Å². The molecule has 2 aromatic rings. The molecule has 118 valence electrons. The van der Waals surface area contributed by atoms with E-state index in [1.807, 2.05) is 6.07 Å². The Morgan fingerprint density at radius 2 is 2.18 bits per heavy atom. The largest absolute Gasteiger partial charge is 0.477 e. The zero-order chi connectivity index (χ0) is 15.9. The Labute approximate surface area is 135 Å². The number of thiol groups is 1. The lowest BCUT2D eigenvalue weighted by Gasteiger charge is -2.28. The lowest BCUT2D eigenvalue weighted by atomic mass is 9.85. The van der Waals surface area contributed by atoms with Gasteiger partial charge in [-0.05, 0) is 56.4 Å². The lowest BCUT2D eigenvalue weighted by Crippen LogP contribution is -2.26. The monoisotopic (exact) mass is 319 g/mol. The highest BCUT2D eigenvalue weighted by Crippen LogP contribution is 2.38. The molecule has 0 spiro atoms. The van der Waals surface area contributed by atoms with Crippen LogP contribution >= 0.6 is 12.6 Å². The molecule has 2 N–H and O–H groups in total. The lowest BCUT2D eigenvalue weighted by molar-refractivity contribution is -0.0149. The molecule has 3 rings (SSSR count). The van der Waals surface area contributed by atoms with E-state index in [2.05, 4.69) is 31.0 Å². The van der Waals surface area contributed by atoms with Crippen LogP contribution in [0.5, 0.6) is 0 Å². The van der Waals surface area contributed by atoms with Gasteiger partial charge in [-0.1, -0.05) is 6.07 Å². The quantitative estimate of drug-likeness (QED) is 0.737. The van der Waals surface area contributed by atoms with Gasteiger partial charge in [0.05, 0.1) is 5.60 Å². The Morgan fingerprint density at radius 1 is 1.41 bits per heavy atom. The molecular weight excluding hydrogens is 298 g/mol. The number of hydrogen-bond acceptors (Lipinski definition) is 3. The highest BCUT2D eigenvalue weighted by molar-refractivity contribution is 7.81. The third-order valence-electron chi connectivity index (χ3n) is 4.39. The molecule has 1 unspecified atom stereocenters. The Balaban J connectivity index is 1.98. The van der Waals surface area contributed by atoms with Crippen molar-refractivity contribution in [2.24, 2.45) is 0 Å². The van der Waals surface area contributed by atoms with Crippen molar-refractivity contribution in [2.75, 3.05) is 6.61 Å². The molecule has 1 aromatic heterocycles. The first kappa shape index (κ1) is 15.4. The molecule has 5 heteroatoms. The van der Waals surface area contributed by atoms with Gasteiger partial charge >= 0.3 is 5.97 Å². The van der Waals surface area contributed by atoms with E-state index in [4.69, 9.17) is 22.5 Å². The number of rotatable bonds is 2. The van der Waals surface area contributed by atoms with Crippen LogP contribution in [0, 0.1) is 0 Å². The number of hydrogen-bond donors (Lipinski definition) is 3. The summed E-state index contributed by atoms with van der Waals surface area (Å²) in [4.78, 5) is 14.0. The van der Waals surface area contributed by atoms with Crippen LogP contribution < -0.4 is 0 Å². The topological polar surface area (TPSA) is 62.3 Å². The van der Waals surface area contributed by atoms with Crippen molar-refractivity contribution in [3.05, 3.63) is 35.5 Å². The van der Waals surface area contributed by atoms with Gasteiger partial charge in [0, 0.05) is 22.8 Å². The van der Waals surface area contributed by atoms with E-state index in [-0.39, 0.29) is 16.5 Å². The summed E-state index contributed by atoms with van der Waals surface area (Å²) in [6, 6.07) is 7.79. The number of fused-ring (bicyclic) bond motifs is 1. The van der Waals surface area contributed by atoms with Crippen LogP contribution in [0.4, 0.5) is 0 Å². The van der Waals surface area contributed by atoms with Gasteiger partial charge in [0.25, 0.3) is 0 Å². The smallest absolute Gasteiger partial charge is 0.352 e. The minimum atomic E-state index is -0.936. The summed E-state index contributed by atoms with van der Waals surface area (Å²) in [5, 5.41) is 10.3. The van der Waals surface area contributed by atoms with Crippen molar-refractivity contribution in [3.8, 4) is 0 Å². The standard InChI is InChI=1S/C17H21NO3S/c1-17(2)9-12(15(22)5-6-21-17)10-3-4-13-11(7-10)8-14(18-13)16(19)20/h3-4,7-8,12,15,18,22H,5-6,9H2,1-2H3,(H,19,20)/t12-,15?/m0/s1. The second kappa shape index (κ2) is 5.63. The molecule has 22 heavy (non-hydrogen) atoms. The molecule has 4 nitrogen and oxygen atoms in total. The Kier molecular flexibility index (Phi) is 3.95. The van der Waals surface area contributed by atoms with Crippen LogP contribution in [-0.4, -0.2) is 33.5 Å². The number of carboxylic acids is 1. The molecule has 1 aromatic carbocycles. The first-order valence-corrected chi connectivity index (χ1v) is 8.05. The van der Waals surface area contributed by atoms with E-state index in [0.29, 0.717) is 5.92 Å². The maximum absolute atomic E-state index is 11.1. The number of benzene rings is 1. The van der Waals surface area contributed by atoms with Crippen molar-refractivity contribution < 1.29 is 14.6 Å². The summed E-state index contributed by atoms with van der Waals surface area (Å²) >= 11 is 4.76. The third kappa shape index (κ3) is 3.01. The number of carbonyl (C=O) groups is 1. The van der Waals surface area contributed by atoms with Crippen molar-refractivity contribution >= 4 is 29.5 Å². The predicted octanol–water partition coefficient (Wildman–Crippen LogP) is 3.84. The van der Waals surface area contributed by atoms with Crippen LogP contribution in [0.3, 0.4) is 0 Å². The van der Waals surface area contributed by atoms with Gasteiger partial charge in [0.1, 0.15) is 5.69 Å². The first-order chi connectivity index (χ1) is 10.4. The van der Waals surface area contributed by atoms with E-state index in [9.17, 15) is 4.79 Å². The number of aromatic amines is 1. The van der Waals surface area contributed by atoms with Crippen LogP contribution in [0.15, 0.2) is 24.3 Å². The van der Waals surface area contributed by atoms with Crippen molar-refractivity contribution in [1.82, 2.24) is 4.98 Å². The van der Waals surface area contributed by atoms with Gasteiger partial charge in [0.15, 0.2) is 0 Å². The molecule has 2 atom stereocenters. The fraction of sp³-hybridized carbons (Fsp3) is 0.471. The third-order valence-corrected chi connectivity index (χ3v) is 5.00. The molecule has 0 radical (unpaired) electrons. The highest BCUT2D eigenvalue weighted by Gasteiger charge is 2.32. The SMILES string of the molecule is CC1(C)C[C@@H](c2ccc3[nH]c(C(=O)O)cc3c2)C(S)CCO1. The average molecular weight is 319 g/mol. The maximum Gasteiger partial charge on any atom is 0.352 e. The minimum Gasteiger partial charge on any atom is -0.477 e. The summed E-state index contributed by atoms with van der Waals surface area (Å²) in [5.74, 6) is -0.637. The van der Waals surface area contributed by atoms with Gasteiger partial charge in [-0.3, -0.25) is 0 Å². The van der Waals surface area contributed by atoms with Crippen LogP contribution in [-0.2, 0) is 4.74 Å². The number of aromatic nitrogens is 1. The minimum absolute atomic E-state index is 0.165. The normalized spacial score (nSPS) is 25.0. The molecule has 1 aliphatic heterocycles. The molecule has 0 saturated carbocycles. The molecule has 2 heterocycles. The van der Waals surface area contributed by atoms with Crippen molar-refractivity contribution in [1.29, 1.82) is 0 Å². The molecule has 1 aliphatic rings.